The van der Waals surface area contributed by atoms with Crippen LogP contribution in [-0.2, 0) is 14.8 Å². The summed E-state index contributed by atoms with van der Waals surface area (Å²) in [5.41, 5.74) is 0.838. The molecule has 0 aliphatic rings. The Morgan fingerprint density at radius 2 is 2.00 bits per heavy atom. The Labute approximate surface area is 154 Å². The third kappa shape index (κ3) is 4.48. The Hall–Kier alpha value is -1.13. The SMILES string of the molecule is CSc1sc(NC(=O)CN(C)S(=O)(=O)c2ccc(Cl)cc2)nc1C. The molecule has 0 atom stereocenters. The van der Waals surface area contributed by atoms with Crippen LogP contribution >= 0.6 is 34.7 Å². The summed E-state index contributed by atoms with van der Waals surface area (Å²) in [7, 11) is -2.41. The van der Waals surface area contributed by atoms with Crippen LogP contribution in [0.3, 0.4) is 0 Å². The number of halogens is 1. The Morgan fingerprint density at radius 3 is 2.54 bits per heavy atom. The lowest BCUT2D eigenvalue weighted by Gasteiger charge is -2.16. The standard InChI is InChI=1S/C14H16ClN3O3S3/c1-9-13(22-3)23-14(16-9)17-12(19)8-18(2)24(20,21)11-6-4-10(15)5-7-11/h4-7H,8H2,1-3H3,(H,16,17,19). The molecule has 1 aromatic carbocycles. The van der Waals surface area contributed by atoms with Gasteiger partial charge in [0.1, 0.15) is 0 Å². The molecule has 0 bridgehead atoms. The van der Waals surface area contributed by atoms with Gasteiger partial charge in [-0.15, -0.1) is 11.8 Å². The van der Waals surface area contributed by atoms with E-state index in [2.05, 4.69) is 10.3 Å². The Morgan fingerprint density at radius 1 is 1.38 bits per heavy atom. The van der Waals surface area contributed by atoms with Gasteiger partial charge in [-0.3, -0.25) is 4.79 Å². The summed E-state index contributed by atoms with van der Waals surface area (Å²) < 4.78 is 26.8. The van der Waals surface area contributed by atoms with Crippen molar-refractivity contribution in [2.75, 3.05) is 25.2 Å². The van der Waals surface area contributed by atoms with Crippen molar-refractivity contribution in [2.24, 2.45) is 0 Å². The number of aromatic nitrogens is 1. The summed E-state index contributed by atoms with van der Waals surface area (Å²) in [6.45, 7) is 1.55. The van der Waals surface area contributed by atoms with Crippen LogP contribution in [0, 0.1) is 6.92 Å². The quantitative estimate of drug-likeness (QED) is 0.747. The monoisotopic (exact) mass is 405 g/mol. The summed E-state index contributed by atoms with van der Waals surface area (Å²) in [5, 5.41) is 3.53. The second kappa shape index (κ2) is 7.83. The van der Waals surface area contributed by atoms with Gasteiger partial charge in [0.2, 0.25) is 15.9 Å². The number of rotatable bonds is 6. The van der Waals surface area contributed by atoms with E-state index in [9.17, 15) is 13.2 Å². The molecule has 1 heterocycles. The maximum Gasteiger partial charge on any atom is 0.243 e. The summed E-state index contributed by atoms with van der Waals surface area (Å²) >= 11 is 8.67. The van der Waals surface area contributed by atoms with Crippen LogP contribution in [-0.4, -0.2) is 43.5 Å². The third-order valence-corrected chi connectivity index (χ3v) is 7.43. The third-order valence-electron chi connectivity index (χ3n) is 3.07. The molecule has 0 saturated heterocycles. The topological polar surface area (TPSA) is 79.4 Å². The minimum absolute atomic E-state index is 0.0805. The van der Waals surface area contributed by atoms with Crippen molar-refractivity contribution in [3.8, 4) is 0 Å². The van der Waals surface area contributed by atoms with E-state index in [4.69, 9.17) is 11.6 Å². The highest BCUT2D eigenvalue weighted by Crippen LogP contribution is 2.30. The van der Waals surface area contributed by atoms with E-state index in [0.29, 0.717) is 10.2 Å². The molecule has 2 aromatic rings. The lowest BCUT2D eigenvalue weighted by molar-refractivity contribution is -0.116. The Bertz CT molecular complexity index is 835. The zero-order valence-electron chi connectivity index (χ0n) is 13.2. The van der Waals surface area contributed by atoms with Gasteiger partial charge in [-0.1, -0.05) is 22.9 Å². The largest absolute Gasteiger partial charge is 0.301 e. The van der Waals surface area contributed by atoms with Crippen molar-refractivity contribution in [2.45, 2.75) is 16.0 Å². The Kier molecular flexibility index (Phi) is 6.27. The Balaban J connectivity index is 2.06. The van der Waals surface area contributed by atoms with Crippen molar-refractivity contribution < 1.29 is 13.2 Å². The molecule has 130 valence electrons. The van der Waals surface area contributed by atoms with Gasteiger partial charge in [0.05, 0.1) is 21.3 Å². The summed E-state index contributed by atoms with van der Waals surface area (Å²) in [6.07, 6.45) is 1.93. The molecule has 1 N–H and O–H groups in total. The predicted octanol–water partition coefficient (Wildman–Crippen LogP) is 3.09. The van der Waals surface area contributed by atoms with Gasteiger partial charge in [0.15, 0.2) is 5.13 Å². The van der Waals surface area contributed by atoms with E-state index in [-0.39, 0.29) is 11.4 Å². The van der Waals surface area contributed by atoms with Crippen LogP contribution in [0.2, 0.25) is 5.02 Å². The smallest absolute Gasteiger partial charge is 0.243 e. The van der Waals surface area contributed by atoms with Crippen LogP contribution in [0.1, 0.15) is 5.69 Å². The molecule has 2 rings (SSSR count). The first kappa shape index (κ1) is 19.2. The highest BCUT2D eigenvalue weighted by molar-refractivity contribution is 8.00. The average Bonchev–Trinajstić information content (AvgIpc) is 2.87. The molecule has 0 aliphatic heterocycles. The van der Waals surface area contributed by atoms with Crippen LogP contribution < -0.4 is 5.32 Å². The lowest BCUT2D eigenvalue weighted by atomic mass is 10.4. The molecule has 0 spiro atoms. The number of nitrogens with zero attached hydrogens (tertiary/aromatic N) is 2. The number of aryl methyl sites for hydroxylation is 1. The van der Waals surface area contributed by atoms with Gasteiger partial charge in [-0.05, 0) is 37.4 Å². The van der Waals surface area contributed by atoms with E-state index < -0.39 is 15.9 Å². The van der Waals surface area contributed by atoms with Gasteiger partial charge in [0, 0.05) is 12.1 Å². The molecular weight excluding hydrogens is 390 g/mol. The van der Waals surface area contributed by atoms with Crippen molar-refractivity contribution >= 4 is 55.8 Å². The first-order valence-electron chi connectivity index (χ1n) is 6.77. The minimum atomic E-state index is -3.76. The molecule has 10 heteroatoms. The first-order chi connectivity index (χ1) is 11.2. The van der Waals surface area contributed by atoms with Gasteiger partial charge >= 0.3 is 0 Å². The van der Waals surface area contributed by atoms with Gasteiger partial charge in [-0.2, -0.15) is 4.31 Å². The van der Waals surface area contributed by atoms with E-state index in [1.165, 1.54) is 42.6 Å². The molecular formula is C14H16ClN3O3S3. The number of hydrogen-bond donors (Lipinski definition) is 1. The maximum absolute atomic E-state index is 12.4. The molecule has 24 heavy (non-hydrogen) atoms. The number of thiazole rings is 1. The molecule has 0 unspecified atom stereocenters. The van der Waals surface area contributed by atoms with E-state index in [1.54, 1.807) is 11.8 Å². The fourth-order valence-corrected chi connectivity index (χ4v) is 4.74. The molecule has 0 radical (unpaired) electrons. The molecule has 0 aliphatic carbocycles. The molecule has 1 aromatic heterocycles. The minimum Gasteiger partial charge on any atom is -0.301 e. The van der Waals surface area contributed by atoms with Gasteiger partial charge in [-0.25, -0.2) is 13.4 Å². The number of nitrogens with one attached hydrogen (secondary N) is 1. The number of sulfonamides is 1. The molecule has 0 saturated carbocycles. The van der Waals surface area contributed by atoms with E-state index >= 15 is 0 Å². The molecule has 0 fully saturated rings. The van der Waals surface area contributed by atoms with Crippen molar-refractivity contribution in [3.05, 3.63) is 35.0 Å². The van der Waals surface area contributed by atoms with Gasteiger partial charge < -0.3 is 5.32 Å². The number of benzene rings is 1. The number of anilines is 1. The van der Waals surface area contributed by atoms with Crippen LogP contribution in [0.15, 0.2) is 33.4 Å². The normalized spacial score (nSPS) is 11.7. The highest BCUT2D eigenvalue weighted by atomic mass is 35.5. The van der Waals surface area contributed by atoms with E-state index in [0.717, 1.165) is 14.2 Å². The van der Waals surface area contributed by atoms with E-state index in [1.807, 2.05) is 13.2 Å². The number of likely N-dealkylation sites (N-methyl/N-ethyl adjacent to an activating group) is 1. The second-order valence-electron chi connectivity index (χ2n) is 4.86. The van der Waals surface area contributed by atoms with Crippen molar-refractivity contribution in [1.82, 2.24) is 9.29 Å². The second-order valence-corrected chi connectivity index (χ2v) is 9.41. The lowest BCUT2D eigenvalue weighted by Crippen LogP contribution is -2.34. The van der Waals surface area contributed by atoms with Crippen LogP contribution in [0.4, 0.5) is 5.13 Å². The predicted molar refractivity (Wildman–Crippen MR) is 98.5 cm³/mol. The van der Waals surface area contributed by atoms with Gasteiger partial charge in [0.25, 0.3) is 0 Å². The summed E-state index contributed by atoms with van der Waals surface area (Å²) in [6, 6.07) is 5.79. The fraction of sp³-hybridized carbons (Fsp3) is 0.286. The van der Waals surface area contributed by atoms with Crippen molar-refractivity contribution in [3.63, 3.8) is 0 Å². The summed E-state index contributed by atoms with van der Waals surface area (Å²) in [4.78, 5) is 16.4. The fourth-order valence-electron chi connectivity index (χ4n) is 1.86. The maximum atomic E-state index is 12.4. The average molecular weight is 406 g/mol. The number of carbonyl (C=O) groups is 1. The zero-order valence-corrected chi connectivity index (χ0v) is 16.4. The van der Waals surface area contributed by atoms with Crippen LogP contribution in [0.5, 0.6) is 0 Å². The van der Waals surface area contributed by atoms with Crippen molar-refractivity contribution in [1.29, 1.82) is 0 Å². The van der Waals surface area contributed by atoms with Crippen LogP contribution in [0.25, 0.3) is 0 Å². The number of carbonyl (C=O) groups excluding carboxylic acids is 1. The number of hydrogen-bond acceptors (Lipinski definition) is 6. The highest BCUT2D eigenvalue weighted by Gasteiger charge is 2.23. The summed E-state index contributed by atoms with van der Waals surface area (Å²) in [5.74, 6) is -0.448. The number of amides is 1. The molecule has 1 amide bonds. The molecule has 6 nitrogen and oxygen atoms in total. The zero-order chi connectivity index (χ0) is 17.9. The first-order valence-corrected chi connectivity index (χ1v) is 10.6. The number of thioether (sulfide) groups is 1.